The summed E-state index contributed by atoms with van der Waals surface area (Å²) < 4.78 is 0. The van der Waals surface area contributed by atoms with Crippen LogP contribution in [0.3, 0.4) is 0 Å². The molecule has 0 heterocycles. The van der Waals surface area contributed by atoms with Gasteiger partial charge in [-0.15, -0.1) is 0 Å². The maximum Gasteiger partial charge on any atom is 0.312 e. The summed E-state index contributed by atoms with van der Waals surface area (Å²) in [5, 5.41) is 11.0. The van der Waals surface area contributed by atoms with Gasteiger partial charge < -0.3 is 10.4 Å². The monoisotopic (exact) mass is 201 g/mol. The van der Waals surface area contributed by atoms with Gasteiger partial charge in [0.2, 0.25) is 5.91 Å². The molecule has 0 saturated heterocycles. The lowest BCUT2D eigenvalue weighted by Gasteiger charge is -2.16. The second kappa shape index (κ2) is 6.40. The maximum atomic E-state index is 11.0. The minimum atomic E-state index is -1.08. The Morgan fingerprint density at radius 1 is 1.36 bits per heavy atom. The maximum absolute atomic E-state index is 11.0. The van der Waals surface area contributed by atoms with Crippen LogP contribution in [0.2, 0.25) is 0 Å². The fourth-order valence-corrected chi connectivity index (χ4v) is 1.29. The first-order chi connectivity index (χ1) is 6.45. The largest absolute Gasteiger partial charge is 0.481 e. The molecule has 0 spiro atoms. The molecule has 2 atom stereocenters. The lowest BCUT2D eigenvalue weighted by molar-refractivity contribution is -0.140. The van der Waals surface area contributed by atoms with E-state index in [1.54, 1.807) is 0 Å². The predicted octanol–water partition coefficient (Wildman–Crippen LogP) is 1.40. The summed E-state index contributed by atoms with van der Waals surface area (Å²) in [6.45, 7) is 6.10. The second-order valence-electron chi connectivity index (χ2n) is 3.79. The van der Waals surface area contributed by atoms with Gasteiger partial charge in [0.15, 0.2) is 0 Å². The van der Waals surface area contributed by atoms with E-state index in [1.165, 1.54) is 0 Å². The number of aliphatic carboxylic acids is 1. The number of amides is 1. The molecule has 0 fully saturated rings. The Hall–Kier alpha value is -1.06. The molecule has 0 aromatic heterocycles. The van der Waals surface area contributed by atoms with E-state index >= 15 is 0 Å². The van der Waals surface area contributed by atoms with E-state index in [0.29, 0.717) is 5.92 Å². The number of hydrogen-bond acceptors (Lipinski definition) is 2. The van der Waals surface area contributed by atoms with Gasteiger partial charge in [0.05, 0.1) is 0 Å². The Kier molecular flexibility index (Phi) is 5.92. The molecule has 0 saturated carbocycles. The van der Waals surface area contributed by atoms with Crippen molar-refractivity contribution in [2.45, 2.75) is 46.1 Å². The van der Waals surface area contributed by atoms with E-state index in [2.05, 4.69) is 19.2 Å². The summed E-state index contributed by atoms with van der Waals surface area (Å²) in [5.74, 6) is -0.943. The molecular weight excluding hydrogens is 182 g/mol. The van der Waals surface area contributed by atoms with Crippen LogP contribution < -0.4 is 5.32 Å². The van der Waals surface area contributed by atoms with Gasteiger partial charge in [0, 0.05) is 6.04 Å². The van der Waals surface area contributed by atoms with Gasteiger partial charge in [-0.1, -0.05) is 20.3 Å². The molecule has 0 bridgehead atoms. The van der Waals surface area contributed by atoms with E-state index in [4.69, 9.17) is 5.11 Å². The lowest BCUT2D eigenvalue weighted by atomic mass is 10.0. The second-order valence-corrected chi connectivity index (χ2v) is 3.79. The van der Waals surface area contributed by atoms with Crippen LogP contribution in [0, 0.1) is 5.92 Å². The van der Waals surface area contributed by atoms with Gasteiger partial charge in [-0.05, 0) is 19.3 Å². The van der Waals surface area contributed by atoms with Crippen molar-refractivity contribution in [2.24, 2.45) is 5.92 Å². The van der Waals surface area contributed by atoms with Crippen LogP contribution in [-0.4, -0.2) is 23.0 Å². The van der Waals surface area contributed by atoms with Gasteiger partial charge in [-0.25, -0.2) is 0 Å². The fraction of sp³-hybridized carbons (Fsp3) is 0.800. The number of nitrogens with one attached hydrogen (secondary N) is 1. The van der Waals surface area contributed by atoms with E-state index < -0.39 is 18.3 Å². The van der Waals surface area contributed by atoms with E-state index in [1.807, 2.05) is 6.92 Å². The normalized spacial score (nSPS) is 14.5. The van der Waals surface area contributed by atoms with Gasteiger partial charge in [-0.2, -0.15) is 0 Å². The molecule has 0 rings (SSSR count). The highest BCUT2D eigenvalue weighted by Crippen LogP contribution is 2.09. The standard InChI is InChI=1S/C10H19NO3/c1-4-7(2)5-8(3)11-9(12)6-10(13)14/h7-8H,4-6H2,1-3H3,(H,11,12)(H,13,14). The molecule has 0 aliphatic rings. The van der Waals surface area contributed by atoms with Crippen molar-refractivity contribution in [3.63, 3.8) is 0 Å². The van der Waals surface area contributed by atoms with Crippen LogP contribution in [0.25, 0.3) is 0 Å². The molecule has 0 aromatic rings. The number of carboxylic acids is 1. The summed E-state index contributed by atoms with van der Waals surface area (Å²) in [5.41, 5.74) is 0. The number of carbonyl (C=O) groups is 2. The highest BCUT2D eigenvalue weighted by Gasteiger charge is 2.12. The van der Waals surface area contributed by atoms with Crippen LogP contribution in [0.4, 0.5) is 0 Å². The Bertz CT molecular complexity index is 204. The molecule has 4 heteroatoms. The molecule has 2 unspecified atom stereocenters. The van der Waals surface area contributed by atoms with Crippen molar-refractivity contribution in [2.75, 3.05) is 0 Å². The predicted molar refractivity (Wildman–Crippen MR) is 53.9 cm³/mol. The van der Waals surface area contributed by atoms with Crippen molar-refractivity contribution in [1.29, 1.82) is 0 Å². The molecule has 0 aliphatic heterocycles. The summed E-state index contributed by atoms with van der Waals surface area (Å²) in [4.78, 5) is 21.3. The minimum Gasteiger partial charge on any atom is -0.481 e. The zero-order chi connectivity index (χ0) is 11.1. The Morgan fingerprint density at radius 2 is 1.93 bits per heavy atom. The third-order valence-corrected chi connectivity index (χ3v) is 2.17. The molecule has 0 aromatic carbocycles. The van der Waals surface area contributed by atoms with Crippen molar-refractivity contribution in [1.82, 2.24) is 5.32 Å². The number of carboxylic acid groups (broad SMARTS) is 1. The quantitative estimate of drug-likeness (QED) is 0.638. The zero-order valence-corrected chi connectivity index (χ0v) is 9.04. The van der Waals surface area contributed by atoms with E-state index in [0.717, 1.165) is 12.8 Å². The lowest BCUT2D eigenvalue weighted by Crippen LogP contribution is -2.34. The highest BCUT2D eigenvalue weighted by atomic mass is 16.4. The molecule has 0 aliphatic carbocycles. The van der Waals surface area contributed by atoms with Crippen LogP contribution in [0.15, 0.2) is 0 Å². The third-order valence-electron chi connectivity index (χ3n) is 2.17. The van der Waals surface area contributed by atoms with Crippen molar-refractivity contribution < 1.29 is 14.7 Å². The smallest absolute Gasteiger partial charge is 0.312 e. The first-order valence-electron chi connectivity index (χ1n) is 4.96. The number of hydrogen-bond donors (Lipinski definition) is 2. The van der Waals surface area contributed by atoms with Crippen LogP contribution in [0.5, 0.6) is 0 Å². The van der Waals surface area contributed by atoms with E-state index in [9.17, 15) is 9.59 Å². The third kappa shape index (κ3) is 6.46. The first-order valence-corrected chi connectivity index (χ1v) is 4.96. The van der Waals surface area contributed by atoms with Gasteiger partial charge in [0.1, 0.15) is 6.42 Å². The van der Waals surface area contributed by atoms with Crippen LogP contribution >= 0.6 is 0 Å². The summed E-state index contributed by atoms with van der Waals surface area (Å²) in [6, 6.07) is 0.0526. The zero-order valence-electron chi connectivity index (χ0n) is 9.04. The summed E-state index contributed by atoms with van der Waals surface area (Å²) in [6.07, 6.45) is 1.52. The topological polar surface area (TPSA) is 66.4 Å². The van der Waals surface area contributed by atoms with Gasteiger partial charge in [0.25, 0.3) is 0 Å². The van der Waals surface area contributed by atoms with E-state index in [-0.39, 0.29) is 6.04 Å². The Balaban J connectivity index is 3.76. The molecule has 1 amide bonds. The van der Waals surface area contributed by atoms with Gasteiger partial charge in [-0.3, -0.25) is 9.59 Å². The molecule has 2 N–H and O–H groups in total. The molecule has 0 radical (unpaired) electrons. The average Bonchev–Trinajstić information content (AvgIpc) is 2.01. The fourth-order valence-electron chi connectivity index (χ4n) is 1.29. The van der Waals surface area contributed by atoms with Crippen molar-refractivity contribution >= 4 is 11.9 Å². The highest BCUT2D eigenvalue weighted by molar-refractivity contribution is 5.93. The molecular formula is C10H19NO3. The average molecular weight is 201 g/mol. The number of rotatable bonds is 6. The van der Waals surface area contributed by atoms with Crippen LogP contribution in [0.1, 0.15) is 40.0 Å². The van der Waals surface area contributed by atoms with Gasteiger partial charge >= 0.3 is 5.97 Å². The summed E-state index contributed by atoms with van der Waals surface area (Å²) >= 11 is 0. The Labute approximate surface area is 84.7 Å². The first kappa shape index (κ1) is 12.9. The number of carbonyl (C=O) groups excluding carboxylic acids is 1. The van der Waals surface area contributed by atoms with Crippen molar-refractivity contribution in [3.05, 3.63) is 0 Å². The van der Waals surface area contributed by atoms with Crippen LogP contribution in [-0.2, 0) is 9.59 Å². The molecule has 14 heavy (non-hydrogen) atoms. The Morgan fingerprint density at radius 3 is 2.36 bits per heavy atom. The SMILES string of the molecule is CCC(C)CC(C)NC(=O)CC(=O)O. The molecule has 4 nitrogen and oxygen atoms in total. The minimum absolute atomic E-state index is 0.0526. The molecule has 82 valence electrons. The summed E-state index contributed by atoms with van der Waals surface area (Å²) in [7, 11) is 0. The van der Waals surface area contributed by atoms with Crippen molar-refractivity contribution in [3.8, 4) is 0 Å².